The number of carbonyl (C=O) groups is 1. The van der Waals surface area contributed by atoms with Gasteiger partial charge in [0.1, 0.15) is 6.10 Å². The van der Waals surface area contributed by atoms with E-state index in [9.17, 15) is 20.1 Å². The molecule has 3 aliphatic rings. The van der Waals surface area contributed by atoms with Gasteiger partial charge in [0.05, 0.1) is 42.7 Å². The second-order valence-electron chi connectivity index (χ2n) is 14.0. The van der Waals surface area contributed by atoms with Crippen LogP contribution in [-0.4, -0.2) is 70.1 Å². The first-order valence-corrected chi connectivity index (χ1v) is 18.6. The van der Waals surface area contributed by atoms with Gasteiger partial charge in [-0.1, -0.05) is 103 Å². The van der Waals surface area contributed by atoms with Gasteiger partial charge in [0.25, 0.3) is 0 Å². The Morgan fingerprint density at radius 1 is 0.682 bits per heavy atom. The molecule has 0 aromatic carbocycles. The smallest absolute Gasteiger partial charge is 0.334 e. The highest BCUT2D eigenvalue weighted by atomic mass is 16.6. The third-order valence-electron chi connectivity index (χ3n) is 10.0. The molecule has 2 fully saturated rings. The van der Waals surface area contributed by atoms with Crippen molar-refractivity contribution in [1.29, 1.82) is 0 Å². The van der Waals surface area contributed by atoms with E-state index >= 15 is 0 Å². The van der Waals surface area contributed by atoms with Gasteiger partial charge in [0.2, 0.25) is 0 Å². The molecule has 3 rings (SSSR count). The molecule has 256 valence electrons. The van der Waals surface area contributed by atoms with Crippen molar-refractivity contribution in [2.45, 2.75) is 217 Å². The average molecular weight is 623 g/mol. The molecule has 0 radical (unpaired) electrons. The molecule has 3 N–H and O–H groups in total. The molecule has 3 aliphatic heterocycles. The maximum atomic E-state index is 11.7. The molecule has 0 bridgehead atoms. The molecule has 0 amide bonds. The van der Waals surface area contributed by atoms with Crippen LogP contribution in [0, 0.1) is 0 Å². The van der Waals surface area contributed by atoms with Gasteiger partial charge in [0, 0.05) is 12.0 Å². The first-order chi connectivity index (χ1) is 21.4. The number of unbranched alkanes of at least 4 members (excludes halogenated alkanes) is 13. The Labute approximate surface area is 268 Å². The minimum Gasteiger partial charge on any atom is -0.455 e. The van der Waals surface area contributed by atoms with Crippen LogP contribution in [-0.2, 0) is 19.0 Å². The molecule has 0 unspecified atom stereocenters. The second kappa shape index (κ2) is 21.7. The van der Waals surface area contributed by atoms with Gasteiger partial charge in [-0.05, 0) is 64.4 Å². The molecular formula is C37H66O7. The third kappa shape index (κ3) is 14.2. The summed E-state index contributed by atoms with van der Waals surface area (Å²) in [6.07, 6.45) is 25.7. The lowest BCUT2D eigenvalue weighted by Gasteiger charge is -2.36. The summed E-state index contributed by atoms with van der Waals surface area (Å²) < 4.78 is 17.8. The van der Waals surface area contributed by atoms with E-state index in [1.54, 1.807) is 6.08 Å². The molecule has 8 atom stereocenters. The number of esters is 1. The van der Waals surface area contributed by atoms with E-state index in [0.717, 1.165) is 83.5 Å². The lowest BCUT2D eigenvalue weighted by atomic mass is 9.94. The van der Waals surface area contributed by atoms with Gasteiger partial charge in [0.15, 0.2) is 0 Å². The summed E-state index contributed by atoms with van der Waals surface area (Å²) in [6.45, 7) is 4.10. The Morgan fingerprint density at radius 3 is 1.73 bits per heavy atom. The van der Waals surface area contributed by atoms with E-state index in [4.69, 9.17) is 14.2 Å². The van der Waals surface area contributed by atoms with Gasteiger partial charge in [-0.2, -0.15) is 0 Å². The maximum absolute atomic E-state index is 11.7. The SMILES string of the molecule is CCCCCCCCCCCC[C@@H](O)[C@H]1CC[C@H]([C@H]2CCC[C@@H]([C@@H](O)CCCCCCC[C@@H](O)CC3=C[C@H](C)OC3=O)O2)O1. The molecule has 0 spiro atoms. The third-order valence-corrected chi connectivity index (χ3v) is 10.0. The molecule has 0 aromatic rings. The Kier molecular flexibility index (Phi) is 18.5. The largest absolute Gasteiger partial charge is 0.455 e. The zero-order chi connectivity index (χ0) is 31.6. The number of aliphatic hydroxyl groups excluding tert-OH is 3. The van der Waals surface area contributed by atoms with Crippen LogP contribution in [0.5, 0.6) is 0 Å². The normalized spacial score (nSPS) is 27.7. The Morgan fingerprint density at radius 2 is 1.18 bits per heavy atom. The van der Waals surface area contributed by atoms with E-state index in [2.05, 4.69) is 6.92 Å². The Balaban J connectivity index is 1.19. The van der Waals surface area contributed by atoms with Gasteiger partial charge in [-0.25, -0.2) is 4.79 Å². The fraction of sp³-hybridized carbons (Fsp3) is 0.919. The van der Waals surface area contributed by atoms with E-state index in [-0.39, 0.29) is 42.6 Å². The summed E-state index contributed by atoms with van der Waals surface area (Å²) in [5.41, 5.74) is 0.600. The average Bonchev–Trinajstić information content (AvgIpc) is 3.63. The number of rotatable bonds is 24. The van der Waals surface area contributed by atoms with E-state index in [1.165, 1.54) is 57.8 Å². The number of cyclic esters (lactones) is 1. The van der Waals surface area contributed by atoms with Crippen molar-refractivity contribution in [2.75, 3.05) is 0 Å². The summed E-state index contributed by atoms with van der Waals surface area (Å²) in [5.74, 6) is -0.294. The van der Waals surface area contributed by atoms with Crippen LogP contribution in [0.4, 0.5) is 0 Å². The summed E-state index contributed by atoms with van der Waals surface area (Å²) >= 11 is 0. The number of carbonyl (C=O) groups excluding carboxylic acids is 1. The van der Waals surface area contributed by atoms with E-state index < -0.39 is 12.2 Å². The molecule has 3 heterocycles. The lowest BCUT2D eigenvalue weighted by Crippen LogP contribution is -2.42. The van der Waals surface area contributed by atoms with Gasteiger partial charge >= 0.3 is 5.97 Å². The number of hydrogen-bond donors (Lipinski definition) is 3. The number of hydrogen-bond acceptors (Lipinski definition) is 7. The zero-order valence-electron chi connectivity index (χ0n) is 28.1. The molecule has 7 heteroatoms. The van der Waals surface area contributed by atoms with Gasteiger partial charge < -0.3 is 29.5 Å². The Bertz CT molecular complexity index is 801. The van der Waals surface area contributed by atoms with E-state index in [1.807, 2.05) is 6.92 Å². The second-order valence-corrected chi connectivity index (χ2v) is 14.0. The molecule has 0 aliphatic carbocycles. The first-order valence-electron chi connectivity index (χ1n) is 18.6. The number of ether oxygens (including phenoxy) is 3. The highest BCUT2D eigenvalue weighted by Gasteiger charge is 2.39. The quantitative estimate of drug-likeness (QED) is 0.0743. The van der Waals surface area contributed by atoms with Crippen LogP contribution < -0.4 is 0 Å². The molecule has 44 heavy (non-hydrogen) atoms. The van der Waals surface area contributed by atoms with Crippen molar-refractivity contribution in [1.82, 2.24) is 0 Å². The van der Waals surface area contributed by atoms with Crippen LogP contribution in [0.25, 0.3) is 0 Å². The van der Waals surface area contributed by atoms with Crippen molar-refractivity contribution in [3.05, 3.63) is 11.6 Å². The molecular weight excluding hydrogens is 556 g/mol. The standard InChI is InChI=1S/C37H66O7/c1-3-4-5-6-7-8-9-10-13-16-21-32(40)34-24-25-36(44-34)35-23-18-22-33(43-35)31(39)20-17-14-11-12-15-19-30(38)27-29-26-28(2)42-37(29)41/h26,28,30-36,38-40H,3-25,27H2,1-2H3/t28-,30+,31-,32+,33-,34+,35+,36+/m0/s1. The first kappa shape index (κ1) is 37.5. The van der Waals surface area contributed by atoms with Crippen LogP contribution in [0.2, 0.25) is 0 Å². The highest BCUT2D eigenvalue weighted by Crippen LogP contribution is 2.34. The van der Waals surface area contributed by atoms with Crippen molar-refractivity contribution in [3.63, 3.8) is 0 Å². The van der Waals surface area contributed by atoms with Crippen molar-refractivity contribution in [3.8, 4) is 0 Å². The van der Waals surface area contributed by atoms with Crippen LogP contribution in [0.3, 0.4) is 0 Å². The summed E-state index contributed by atoms with van der Waals surface area (Å²) in [4.78, 5) is 11.7. The fourth-order valence-corrected chi connectivity index (χ4v) is 7.30. The minimum atomic E-state index is -0.496. The predicted octanol–water partition coefficient (Wildman–Crippen LogP) is 7.86. The molecule has 7 nitrogen and oxygen atoms in total. The number of aliphatic hydroxyl groups is 3. The van der Waals surface area contributed by atoms with Crippen LogP contribution >= 0.6 is 0 Å². The molecule has 2 saturated heterocycles. The Hall–Kier alpha value is -0.990. The van der Waals surface area contributed by atoms with Crippen molar-refractivity contribution in [2.24, 2.45) is 0 Å². The van der Waals surface area contributed by atoms with Gasteiger partial charge in [-0.15, -0.1) is 0 Å². The summed E-state index contributed by atoms with van der Waals surface area (Å²) in [6, 6.07) is 0. The fourth-order valence-electron chi connectivity index (χ4n) is 7.30. The van der Waals surface area contributed by atoms with Crippen molar-refractivity contribution >= 4 is 5.97 Å². The topological polar surface area (TPSA) is 105 Å². The zero-order valence-corrected chi connectivity index (χ0v) is 28.1. The van der Waals surface area contributed by atoms with Crippen LogP contribution in [0.1, 0.15) is 168 Å². The van der Waals surface area contributed by atoms with Crippen molar-refractivity contribution < 1.29 is 34.3 Å². The molecule has 0 aromatic heterocycles. The summed E-state index contributed by atoms with van der Waals surface area (Å²) in [5, 5.41) is 31.9. The van der Waals surface area contributed by atoms with Crippen LogP contribution in [0.15, 0.2) is 11.6 Å². The minimum absolute atomic E-state index is 0.0226. The predicted molar refractivity (Wildman–Crippen MR) is 175 cm³/mol. The van der Waals surface area contributed by atoms with E-state index in [0.29, 0.717) is 18.4 Å². The molecule has 0 saturated carbocycles. The maximum Gasteiger partial charge on any atom is 0.334 e. The lowest BCUT2D eigenvalue weighted by molar-refractivity contribution is -0.159. The van der Waals surface area contributed by atoms with Gasteiger partial charge in [-0.3, -0.25) is 0 Å². The highest BCUT2D eigenvalue weighted by molar-refractivity contribution is 5.90. The monoisotopic (exact) mass is 622 g/mol. The summed E-state index contributed by atoms with van der Waals surface area (Å²) in [7, 11) is 0.